The van der Waals surface area contributed by atoms with Gasteiger partial charge in [0.2, 0.25) is 0 Å². The summed E-state index contributed by atoms with van der Waals surface area (Å²) in [6.07, 6.45) is 0.538. The van der Waals surface area contributed by atoms with E-state index in [9.17, 15) is 9.59 Å². The highest BCUT2D eigenvalue weighted by Gasteiger charge is 2.17. The van der Waals surface area contributed by atoms with E-state index >= 15 is 0 Å². The molecular formula is C13H24N4O3. The molecule has 0 spiro atoms. The molecule has 4 N–H and O–H groups in total. The number of nitrogens with one attached hydrogen (secondary N) is 1. The molecule has 0 bridgehead atoms. The van der Waals surface area contributed by atoms with Crippen LogP contribution in [0.3, 0.4) is 0 Å². The molecule has 1 aromatic rings. The number of hydrogen-bond donors (Lipinski definition) is 3. The van der Waals surface area contributed by atoms with Gasteiger partial charge in [-0.2, -0.15) is 0 Å². The molecule has 7 heteroatoms. The van der Waals surface area contributed by atoms with Gasteiger partial charge < -0.3 is 15.7 Å². The molecule has 0 aromatic carbocycles. The lowest BCUT2D eigenvalue weighted by Gasteiger charge is -2.24. The minimum atomic E-state index is -0.483. The van der Waals surface area contributed by atoms with E-state index in [1.54, 1.807) is 4.90 Å². The number of nitrogen functional groups attached to an aromatic ring is 1. The summed E-state index contributed by atoms with van der Waals surface area (Å²) in [4.78, 5) is 27.9. The van der Waals surface area contributed by atoms with E-state index in [-0.39, 0.29) is 18.3 Å². The molecule has 0 amide bonds. The number of nitrogens with two attached hydrogens (primary N) is 1. The van der Waals surface area contributed by atoms with Gasteiger partial charge in [0.15, 0.2) is 0 Å². The predicted molar refractivity (Wildman–Crippen MR) is 80.2 cm³/mol. The summed E-state index contributed by atoms with van der Waals surface area (Å²) in [5.74, 6) is 0.425. The van der Waals surface area contributed by atoms with Crippen LogP contribution in [0.4, 0.5) is 11.5 Å². The van der Waals surface area contributed by atoms with Crippen LogP contribution in [-0.4, -0.2) is 34.4 Å². The SMILES string of the molecule is CCN(CCCO)c1c(N)n(CC(C)C)c(=O)[nH]c1=O. The van der Waals surface area contributed by atoms with Crippen molar-refractivity contribution in [3.05, 3.63) is 20.8 Å². The molecule has 0 aliphatic heterocycles. The van der Waals surface area contributed by atoms with Gasteiger partial charge in [0.1, 0.15) is 11.5 Å². The second-order valence-corrected chi connectivity index (χ2v) is 5.15. The molecule has 20 heavy (non-hydrogen) atoms. The Morgan fingerprint density at radius 2 is 2.05 bits per heavy atom. The molecule has 0 saturated heterocycles. The Morgan fingerprint density at radius 1 is 1.40 bits per heavy atom. The molecule has 0 fully saturated rings. The van der Waals surface area contributed by atoms with Gasteiger partial charge in [0.05, 0.1) is 0 Å². The first-order valence-corrected chi connectivity index (χ1v) is 6.90. The van der Waals surface area contributed by atoms with Gasteiger partial charge in [-0.3, -0.25) is 14.3 Å². The van der Waals surface area contributed by atoms with Crippen LogP contribution >= 0.6 is 0 Å². The van der Waals surface area contributed by atoms with E-state index in [0.717, 1.165) is 0 Å². The van der Waals surface area contributed by atoms with Gasteiger partial charge in [0, 0.05) is 26.2 Å². The van der Waals surface area contributed by atoms with Crippen molar-refractivity contribution in [2.45, 2.75) is 33.7 Å². The number of anilines is 2. The van der Waals surface area contributed by atoms with Crippen molar-refractivity contribution in [3.63, 3.8) is 0 Å². The number of hydrogen-bond acceptors (Lipinski definition) is 5. The van der Waals surface area contributed by atoms with E-state index in [1.807, 2.05) is 20.8 Å². The quantitative estimate of drug-likeness (QED) is 0.653. The summed E-state index contributed by atoms with van der Waals surface area (Å²) >= 11 is 0. The monoisotopic (exact) mass is 284 g/mol. The van der Waals surface area contributed by atoms with Crippen LogP contribution < -0.4 is 21.9 Å². The van der Waals surface area contributed by atoms with Crippen molar-refractivity contribution in [1.82, 2.24) is 9.55 Å². The first-order valence-electron chi connectivity index (χ1n) is 6.90. The molecule has 1 heterocycles. The topological polar surface area (TPSA) is 104 Å². The fraction of sp³-hybridized carbons (Fsp3) is 0.692. The second-order valence-electron chi connectivity index (χ2n) is 5.15. The van der Waals surface area contributed by atoms with Crippen molar-refractivity contribution in [2.24, 2.45) is 5.92 Å². The Bertz CT molecular complexity index is 548. The maximum absolute atomic E-state index is 12.0. The fourth-order valence-corrected chi connectivity index (χ4v) is 2.12. The number of aliphatic hydroxyl groups is 1. The average molecular weight is 284 g/mol. The van der Waals surface area contributed by atoms with Gasteiger partial charge in [-0.05, 0) is 19.3 Å². The third kappa shape index (κ3) is 3.63. The Labute approximate surface area is 118 Å². The second kappa shape index (κ2) is 7.14. The molecule has 0 radical (unpaired) electrons. The number of aliphatic hydroxyl groups excluding tert-OH is 1. The van der Waals surface area contributed by atoms with Crippen molar-refractivity contribution in [3.8, 4) is 0 Å². The Kier molecular flexibility index (Phi) is 5.82. The lowest BCUT2D eigenvalue weighted by Crippen LogP contribution is -2.39. The number of aromatic nitrogens is 2. The number of nitrogens with zero attached hydrogens (tertiary/aromatic N) is 2. The largest absolute Gasteiger partial charge is 0.396 e. The average Bonchev–Trinajstić information content (AvgIpc) is 2.38. The van der Waals surface area contributed by atoms with Gasteiger partial charge in [-0.25, -0.2) is 4.79 Å². The Hall–Kier alpha value is -1.76. The third-order valence-electron chi connectivity index (χ3n) is 3.05. The molecule has 0 aliphatic carbocycles. The van der Waals surface area contributed by atoms with Crippen LogP contribution in [0.2, 0.25) is 0 Å². The van der Waals surface area contributed by atoms with Crippen LogP contribution in [0.5, 0.6) is 0 Å². The minimum Gasteiger partial charge on any atom is -0.396 e. The maximum atomic E-state index is 12.0. The molecule has 0 saturated carbocycles. The Balaban J connectivity index is 3.31. The fourth-order valence-electron chi connectivity index (χ4n) is 2.12. The first-order chi connectivity index (χ1) is 9.42. The van der Waals surface area contributed by atoms with Crippen molar-refractivity contribution >= 4 is 11.5 Å². The smallest absolute Gasteiger partial charge is 0.330 e. The molecule has 114 valence electrons. The minimum absolute atomic E-state index is 0.0416. The van der Waals surface area contributed by atoms with Gasteiger partial charge in [0.25, 0.3) is 5.56 Å². The lowest BCUT2D eigenvalue weighted by molar-refractivity contribution is 0.289. The van der Waals surface area contributed by atoms with Crippen LogP contribution in [0.1, 0.15) is 27.2 Å². The maximum Gasteiger partial charge on any atom is 0.330 e. The standard InChI is InChI=1S/C13H24N4O3/c1-4-16(6-5-7-18)10-11(14)17(8-9(2)3)13(20)15-12(10)19/h9,18H,4-8,14H2,1-3H3,(H,15,19,20). The van der Waals surface area contributed by atoms with E-state index in [1.165, 1.54) is 4.57 Å². The zero-order valence-electron chi connectivity index (χ0n) is 12.3. The number of H-pyrrole nitrogens is 1. The highest BCUT2D eigenvalue weighted by atomic mass is 16.3. The van der Waals surface area contributed by atoms with E-state index in [4.69, 9.17) is 10.8 Å². The molecule has 0 aliphatic rings. The Morgan fingerprint density at radius 3 is 2.55 bits per heavy atom. The van der Waals surface area contributed by atoms with Crippen LogP contribution in [0.15, 0.2) is 9.59 Å². The summed E-state index contributed by atoms with van der Waals surface area (Å²) in [6, 6.07) is 0. The predicted octanol–water partition coefficient (Wildman–Crippen LogP) is -0.0165. The first kappa shape index (κ1) is 16.3. The zero-order chi connectivity index (χ0) is 15.3. The number of aromatic amines is 1. The molecule has 7 nitrogen and oxygen atoms in total. The van der Waals surface area contributed by atoms with Crippen LogP contribution in [0.25, 0.3) is 0 Å². The molecule has 0 atom stereocenters. The van der Waals surface area contributed by atoms with Gasteiger partial charge >= 0.3 is 5.69 Å². The highest BCUT2D eigenvalue weighted by molar-refractivity contribution is 5.62. The van der Waals surface area contributed by atoms with Crippen molar-refractivity contribution in [2.75, 3.05) is 30.3 Å². The number of rotatable bonds is 7. The van der Waals surface area contributed by atoms with Crippen molar-refractivity contribution in [1.29, 1.82) is 0 Å². The lowest BCUT2D eigenvalue weighted by atomic mass is 10.2. The normalized spacial score (nSPS) is 11.1. The van der Waals surface area contributed by atoms with Gasteiger partial charge in [-0.15, -0.1) is 0 Å². The molecule has 1 aromatic heterocycles. The summed E-state index contributed by atoms with van der Waals surface area (Å²) in [6.45, 7) is 7.42. The van der Waals surface area contributed by atoms with E-state index in [2.05, 4.69) is 4.98 Å². The molecule has 0 unspecified atom stereocenters. The molecular weight excluding hydrogens is 260 g/mol. The summed E-state index contributed by atoms with van der Waals surface area (Å²) in [7, 11) is 0. The molecule has 1 rings (SSSR count). The summed E-state index contributed by atoms with van der Waals surface area (Å²) in [5.41, 5.74) is 5.36. The van der Waals surface area contributed by atoms with E-state index in [0.29, 0.717) is 31.7 Å². The van der Waals surface area contributed by atoms with Crippen LogP contribution in [-0.2, 0) is 6.54 Å². The highest BCUT2D eigenvalue weighted by Crippen LogP contribution is 2.17. The van der Waals surface area contributed by atoms with Gasteiger partial charge in [-0.1, -0.05) is 13.8 Å². The summed E-state index contributed by atoms with van der Waals surface area (Å²) in [5, 5.41) is 8.91. The third-order valence-corrected chi connectivity index (χ3v) is 3.05. The summed E-state index contributed by atoms with van der Waals surface area (Å²) < 4.78 is 1.39. The van der Waals surface area contributed by atoms with Crippen LogP contribution in [0, 0.1) is 5.92 Å². The zero-order valence-corrected chi connectivity index (χ0v) is 12.3. The van der Waals surface area contributed by atoms with E-state index < -0.39 is 11.2 Å². The van der Waals surface area contributed by atoms with Crippen molar-refractivity contribution < 1.29 is 5.11 Å².